The Kier molecular flexibility index (Phi) is 5.87. The Bertz CT molecular complexity index is 854. The van der Waals surface area contributed by atoms with Crippen molar-refractivity contribution in [2.24, 2.45) is 0 Å². The van der Waals surface area contributed by atoms with Crippen molar-refractivity contribution in [1.29, 1.82) is 0 Å². The average molecular weight is 382 g/mol. The second-order valence-corrected chi connectivity index (χ2v) is 7.84. The fourth-order valence-corrected chi connectivity index (χ4v) is 2.88. The van der Waals surface area contributed by atoms with Crippen LogP contribution in [0.3, 0.4) is 0 Å². The molecule has 2 amide bonds. The van der Waals surface area contributed by atoms with Crippen LogP contribution < -0.4 is 20.1 Å². The third kappa shape index (κ3) is 5.25. The van der Waals surface area contributed by atoms with E-state index in [1.54, 1.807) is 18.2 Å². The molecule has 3 rings (SSSR count). The molecule has 0 aliphatic carbocycles. The van der Waals surface area contributed by atoms with Crippen molar-refractivity contribution >= 4 is 17.5 Å². The summed E-state index contributed by atoms with van der Waals surface area (Å²) in [4.78, 5) is 24.1. The summed E-state index contributed by atoms with van der Waals surface area (Å²) in [6.07, 6.45) is 0.978. The summed E-state index contributed by atoms with van der Waals surface area (Å²) in [7, 11) is 0. The largest absolute Gasteiger partial charge is 0.454 e. The maximum absolute atomic E-state index is 12.0. The van der Waals surface area contributed by atoms with Crippen LogP contribution >= 0.6 is 0 Å². The fraction of sp³-hybridized carbons (Fsp3) is 0.364. The summed E-state index contributed by atoms with van der Waals surface area (Å²) in [6.45, 7) is 6.62. The number of carbonyl (C=O) groups excluding carboxylic acids is 2. The third-order valence-corrected chi connectivity index (χ3v) is 4.56. The molecule has 0 spiro atoms. The first-order valence-electron chi connectivity index (χ1n) is 9.37. The molecule has 6 heteroatoms. The summed E-state index contributed by atoms with van der Waals surface area (Å²) >= 11 is 0. The molecule has 0 atom stereocenters. The van der Waals surface area contributed by atoms with Crippen LogP contribution in [0.1, 0.15) is 38.3 Å². The molecule has 28 heavy (non-hydrogen) atoms. The number of rotatable bonds is 6. The Morgan fingerprint density at radius 2 is 1.68 bits per heavy atom. The molecule has 0 bridgehead atoms. The molecule has 1 aliphatic rings. The standard InChI is InChI=1S/C22H26N2O4/c1-22(2,3)16-7-4-15(5-8-16)6-11-20(25)23-13-21(26)24-17-9-10-18-19(12-17)28-14-27-18/h4-5,7-10,12H,6,11,13-14H2,1-3H3,(H,23,25)(H,24,26). The van der Waals surface area contributed by atoms with Crippen molar-refractivity contribution in [3.05, 3.63) is 53.6 Å². The number of anilines is 1. The first-order chi connectivity index (χ1) is 13.3. The van der Waals surface area contributed by atoms with Gasteiger partial charge in [0.25, 0.3) is 0 Å². The van der Waals surface area contributed by atoms with Crippen LogP contribution in [0.2, 0.25) is 0 Å². The number of benzene rings is 2. The highest BCUT2D eigenvalue weighted by Crippen LogP contribution is 2.34. The molecular weight excluding hydrogens is 356 g/mol. The lowest BCUT2D eigenvalue weighted by Crippen LogP contribution is -2.32. The topological polar surface area (TPSA) is 76.7 Å². The smallest absolute Gasteiger partial charge is 0.243 e. The molecule has 0 radical (unpaired) electrons. The monoisotopic (exact) mass is 382 g/mol. The highest BCUT2D eigenvalue weighted by Gasteiger charge is 2.15. The van der Waals surface area contributed by atoms with Gasteiger partial charge in [-0.2, -0.15) is 0 Å². The van der Waals surface area contributed by atoms with E-state index in [0.717, 1.165) is 5.56 Å². The molecule has 0 unspecified atom stereocenters. The third-order valence-electron chi connectivity index (χ3n) is 4.56. The van der Waals surface area contributed by atoms with Crippen LogP contribution in [0.4, 0.5) is 5.69 Å². The van der Waals surface area contributed by atoms with Gasteiger partial charge in [-0.3, -0.25) is 9.59 Å². The Morgan fingerprint density at radius 1 is 0.964 bits per heavy atom. The molecule has 0 fully saturated rings. The predicted molar refractivity (Wildman–Crippen MR) is 108 cm³/mol. The molecule has 0 saturated heterocycles. The lowest BCUT2D eigenvalue weighted by Gasteiger charge is -2.19. The zero-order valence-electron chi connectivity index (χ0n) is 16.5. The number of carbonyl (C=O) groups is 2. The first kappa shape index (κ1) is 19.7. The highest BCUT2D eigenvalue weighted by molar-refractivity contribution is 5.94. The van der Waals surface area contributed by atoms with Gasteiger partial charge in [-0.25, -0.2) is 0 Å². The molecule has 148 valence electrons. The second-order valence-electron chi connectivity index (χ2n) is 7.84. The Hall–Kier alpha value is -3.02. The molecule has 0 aromatic heterocycles. The number of hydrogen-bond donors (Lipinski definition) is 2. The number of amides is 2. The SMILES string of the molecule is CC(C)(C)c1ccc(CCC(=O)NCC(=O)Nc2ccc3c(c2)OCO3)cc1. The number of ether oxygens (including phenoxy) is 2. The number of aryl methyl sites for hydroxylation is 1. The molecule has 2 N–H and O–H groups in total. The summed E-state index contributed by atoms with van der Waals surface area (Å²) in [5, 5.41) is 5.39. The maximum atomic E-state index is 12.0. The van der Waals surface area contributed by atoms with Crippen molar-refractivity contribution in [1.82, 2.24) is 5.32 Å². The van der Waals surface area contributed by atoms with E-state index in [1.807, 2.05) is 0 Å². The Balaban J connectivity index is 1.41. The van der Waals surface area contributed by atoms with Crippen molar-refractivity contribution in [2.75, 3.05) is 18.7 Å². The lowest BCUT2D eigenvalue weighted by molar-refractivity contribution is -0.124. The summed E-state index contributed by atoms with van der Waals surface area (Å²) in [5.74, 6) is 0.809. The minimum atomic E-state index is -0.290. The van der Waals surface area contributed by atoms with Crippen LogP contribution in [-0.4, -0.2) is 25.2 Å². The van der Waals surface area contributed by atoms with Gasteiger partial charge in [0.2, 0.25) is 18.6 Å². The van der Waals surface area contributed by atoms with E-state index in [9.17, 15) is 9.59 Å². The van der Waals surface area contributed by atoms with Gasteiger partial charge in [0.1, 0.15) is 0 Å². The normalized spacial score (nSPS) is 12.5. The van der Waals surface area contributed by atoms with Crippen LogP contribution in [-0.2, 0) is 21.4 Å². The van der Waals surface area contributed by atoms with Gasteiger partial charge in [0.05, 0.1) is 6.54 Å². The van der Waals surface area contributed by atoms with Gasteiger partial charge in [0.15, 0.2) is 11.5 Å². The Labute approximate surface area is 165 Å². The molecule has 1 heterocycles. The molecule has 2 aromatic carbocycles. The number of fused-ring (bicyclic) bond motifs is 1. The van der Waals surface area contributed by atoms with E-state index < -0.39 is 0 Å². The zero-order valence-corrected chi connectivity index (χ0v) is 16.5. The van der Waals surface area contributed by atoms with Crippen LogP contribution in [0.15, 0.2) is 42.5 Å². The highest BCUT2D eigenvalue weighted by atomic mass is 16.7. The van der Waals surface area contributed by atoms with E-state index in [1.165, 1.54) is 5.56 Å². The average Bonchev–Trinajstić information content (AvgIpc) is 3.12. The quantitative estimate of drug-likeness (QED) is 0.803. The fourth-order valence-electron chi connectivity index (χ4n) is 2.88. The van der Waals surface area contributed by atoms with Crippen LogP contribution in [0, 0.1) is 0 Å². The van der Waals surface area contributed by atoms with Crippen LogP contribution in [0.5, 0.6) is 11.5 Å². The molecule has 1 aliphatic heterocycles. The second kappa shape index (κ2) is 8.33. The minimum Gasteiger partial charge on any atom is -0.454 e. The van der Waals surface area contributed by atoms with Crippen molar-refractivity contribution < 1.29 is 19.1 Å². The van der Waals surface area contributed by atoms with Gasteiger partial charge in [-0.1, -0.05) is 45.0 Å². The number of hydrogen-bond acceptors (Lipinski definition) is 4. The van der Waals surface area contributed by atoms with Gasteiger partial charge in [0, 0.05) is 18.2 Å². The van der Waals surface area contributed by atoms with Gasteiger partial charge < -0.3 is 20.1 Å². The molecular formula is C22H26N2O4. The van der Waals surface area contributed by atoms with E-state index in [0.29, 0.717) is 30.0 Å². The van der Waals surface area contributed by atoms with Crippen molar-refractivity contribution in [3.8, 4) is 11.5 Å². The van der Waals surface area contributed by atoms with E-state index in [2.05, 4.69) is 55.7 Å². The van der Waals surface area contributed by atoms with E-state index in [4.69, 9.17) is 9.47 Å². The zero-order chi connectivity index (χ0) is 20.1. The molecule has 6 nitrogen and oxygen atoms in total. The first-order valence-corrected chi connectivity index (χ1v) is 9.37. The summed E-state index contributed by atoms with van der Waals surface area (Å²) < 4.78 is 10.5. The van der Waals surface area contributed by atoms with Crippen LogP contribution in [0.25, 0.3) is 0 Å². The Morgan fingerprint density at radius 3 is 2.39 bits per heavy atom. The van der Waals surface area contributed by atoms with E-state index >= 15 is 0 Å². The maximum Gasteiger partial charge on any atom is 0.243 e. The van der Waals surface area contributed by atoms with Crippen molar-refractivity contribution in [2.45, 2.75) is 39.0 Å². The van der Waals surface area contributed by atoms with Gasteiger partial charge in [-0.15, -0.1) is 0 Å². The lowest BCUT2D eigenvalue weighted by atomic mass is 9.86. The van der Waals surface area contributed by atoms with Crippen molar-refractivity contribution in [3.63, 3.8) is 0 Å². The predicted octanol–water partition coefficient (Wildman–Crippen LogP) is 3.40. The molecule has 0 saturated carbocycles. The minimum absolute atomic E-state index is 0.0732. The summed E-state index contributed by atoms with van der Waals surface area (Å²) in [5.41, 5.74) is 3.08. The van der Waals surface area contributed by atoms with Gasteiger partial charge >= 0.3 is 0 Å². The van der Waals surface area contributed by atoms with Gasteiger partial charge in [-0.05, 0) is 35.1 Å². The molecule has 2 aromatic rings. The van der Waals surface area contributed by atoms with E-state index in [-0.39, 0.29) is 30.6 Å². The summed E-state index contributed by atoms with van der Waals surface area (Å²) in [6, 6.07) is 13.5. The number of nitrogens with one attached hydrogen (secondary N) is 2.